The highest BCUT2D eigenvalue weighted by Crippen LogP contribution is 2.44. The summed E-state index contributed by atoms with van der Waals surface area (Å²) >= 11 is 1.85. The SMILES string of the molecule is c1ccc(-c2ccc(-c3cccc(-c4nc(-c5cccc6ccccc56)c5ccc6sc7c8ccccc8ccc7c6c5n4)c3)cc2)cc1. The minimum atomic E-state index is 0.728. The monoisotopic (exact) mass is 640 g/mol. The van der Waals surface area contributed by atoms with Crippen LogP contribution in [0.15, 0.2) is 170 Å². The molecule has 0 saturated heterocycles. The van der Waals surface area contributed by atoms with E-state index in [1.54, 1.807) is 0 Å². The van der Waals surface area contributed by atoms with Crippen molar-refractivity contribution in [2.75, 3.05) is 0 Å². The highest BCUT2D eigenvalue weighted by molar-refractivity contribution is 7.26. The van der Waals surface area contributed by atoms with Gasteiger partial charge < -0.3 is 0 Å². The van der Waals surface area contributed by atoms with E-state index in [0.29, 0.717) is 0 Å². The zero-order chi connectivity index (χ0) is 32.3. The molecule has 0 atom stereocenters. The van der Waals surface area contributed by atoms with Gasteiger partial charge in [0.25, 0.3) is 0 Å². The molecule has 0 saturated carbocycles. The van der Waals surface area contributed by atoms with Gasteiger partial charge in [0.15, 0.2) is 5.82 Å². The Hall–Kier alpha value is -6.16. The van der Waals surface area contributed by atoms with Gasteiger partial charge in [0.1, 0.15) is 0 Å². The molecule has 3 heteroatoms. The minimum Gasteiger partial charge on any atom is -0.227 e. The zero-order valence-electron chi connectivity index (χ0n) is 26.5. The summed E-state index contributed by atoms with van der Waals surface area (Å²) in [6.07, 6.45) is 0. The molecule has 49 heavy (non-hydrogen) atoms. The number of aromatic nitrogens is 2. The third kappa shape index (κ3) is 4.62. The second-order valence-electron chi connectivity index (χ2n) is 12.5. The number of rotatable bonds is 4. The maximum absolute atomic E-state index is 5.43. The topological polar surface area (TPSA) is 25.8 Å². The summed E-state index contributed by atoms with van der Waals surface area (Å²) < 4.78 is 2.54. The Balaban J connectivity index is 1.22. The van der Waals surface area contributed by atoms with E-state index in [-0.39, 0.29) is 0 Å². The van der Waals surface area contributed by atoms with Crippen LogP contribution in [0.25, 0.3) is 97.5 Å². The molecule has 0 fully saturated rings. The van der Waals surface area contributed by atoms with Crippen molar-refractivity contribution in [3.05, 3.63) is 170 Å². The average molecular weight is 641 g/mol. The number of nitrogens with zero attached hydrogens (tertiary/aromatic N) is 2. The van der Waals surface area contributed by atoms with Gasteiger partial charge >= 0.3 is 0 Å². The summed E-state index contributed by atoms with van der Waals surface area (Å²) in [4.78, 5) is 10.8. The predicted molar refractivity (Wildman–Crippen MR) is 209 cm³/mol. The van der Waals surface area contributed by atoms with Gasteiger partial charge in [-0.05, 0) is 62.0 Å². The van der Waals surface area contributed by atoms with Crippen LogP contribution in [0.3, 0.4) is 0 Å². The van der Waals surface area contributed by atoms with E-state index in [9.17, 15) is 0 Å². The highest BCUT2D eigenvalue weighted by atomic mass is 32.1. The van der Waals surface area contributed by atoms with Crippen LogP contribution in [0, 0.1) is 0 Å². The van der Waals surface area contributed by atoms with Crippen molar-refractivity contribution in [1.82, 2.24) is 9.97 Å². The lowest BCUT2D eigenvalue weighted by molar-refractivity contribution is 1.24. The molecule has 10 aromatic rings. The fraction of sp³-hybridized carbons (Fsp3) is 0. The molecule has 0 unspecified atom stereocenters. The van der Waals surface area contributed by atoms with Crippen LogP contribution in [-0.2, 0) is 0 Å². The molecule has 2 aromatic heterocycles. The summed E-state index contributed by atoms with van der Waals surface area (Å²) in [5.41, 5.74) is 8.78. The number of fused-ring (bicyclic) bond motifs is 8. The molecule has 228 valence electrons. The molecular formula is C46H28N2S. The van der Waals surface area contributed by atoms with Crippen LogP contribution in [0.4, 0.5) is 0 Å². The van der Waals surface area contributed by atoms with Crippen LogP contribution in [0.5, 0.6) is 0 Å². The molecular weight excluding hydrogens is 613 g/mol. The van der Waals surface area contributed by atoms with E-state index in [2.05, 4.69) is 170 Å². The fourth-order valence-electron chi connectivity index (χ4n) is 7.27. The van der Waals surface area contributed by atoms with E-state index in [0.717, 1.165) is 44.7 Å². The Bertz CT molecular complexity index is 2860. The van der Waals surface area contributed by atoms with E-state index < -0.39 is 0 Å². The third-order valence-corrected chi connectivity index (χ3v) is 10.9. The maximum atomic E-state index is 5.43. The van der Waals surface area contributed by atoms with Crippen molar-refractivity contribution >= 4 is 64.0 Å². The van der Waals surface area contributed by atoms with Gasteiger partial charge in [-0.2, -0.15) is 0 Å². The lowest BCUT2D eigenvalue weighted by Gasteiger charge is -2.13. The van der Waals surface area contributed by atoms with Crippen molar-refractivity contribution in [3.63, 3.8) is 0 Å². The zero-order valence-corrected chi connectivity index (χ0v) is 27.3. The minimum absolute atomic E-state index is 0.728. The lowest BCUT2D eigenvalue weighted by atomic mass is 9.97. The van der Waals surface area contributed by atoms with Crippen LogP contribution in [-0.4, -0.2) is 9.97 Å². The summed E-state index contributed by atoms with van der Waals surface area (Å²) in [5, 5.41) is 8.42. The Morgan fingerprint density at radius 1 is 0.388 bits per heavy atom. The fourth-order valence-corrected chi connectivity index (χ4v) is 8.51. The molecule has 2 heterocycles. The largest absolute Gasteiger partial charge is 0.227 e. The van der Waals surface area contributed by atoms with Gasteiger partial charge in [0, 0.05) is 36.7 Å². The second-order valence-corrected chi connectivity index (χ2v) is 13.6. The van der Waals surface area contributed by atoms with Gasteiger partial charge in [-0.3, -0.25) is 0 Å². The van der Waals surface area contributed by atoms with E-state index in [1.807, 2.05) is 11.3 Å². The van der Waals surface area contributed by atoms with Gasteiger partial charge in [0.2, 0.25) is 0 Å². The maximum Gasteiger partial charge on any atom is 0.160 e. The molecule has 0 bridgehead atoms. The first-order valence-corrected chi connectivity index (χ1v) is 17.4. The van der Waals surface area contributed by atoms with Crippen LogP contribution in [0.1, 0.15) is 0 Å². The van der Waals surface area contributed by atoms with Crippen molar-refractivity contribution in [2.45, 2.75) is 0 Å². The number of benzene rings is 8. The first kappa shape index (κ1) is 27.9. The molecule has 0 aliphatic carbocycles. The first-order chi connectivity index (χ1) is 24.3. The van der Waals surface area contributed by atoms with Crippen LogP contribution < -0.4 is 0 Å². The van der Waals surface area contributed by atoms with Crippen molar-refractivity contribution < 1.29 is 0 Å². The smallest absolute Gasteiger partial charge is 0.160 e. The van der Waals surface area contributed by atoms with Gasteiger partial charge in [-0.1, -0.05) is 152 Å². The normalized spacial score (nSPS) is 11.7. The van der Waals surface area contributed by atoms with Crippen molar-refractivity contribution in [2.24, 2.45) is 0 Å². The molecule has 0 radical (unpaired) electrons. The van der Waals surface area contributed by atoms with Crippen molar-refractivity contribution in [3.8, 4) is 44.9 Å². The first-order valence-electron chi connectivity index (χ1n) is 16.6. The Morgan fingerprint density at radius 2 is 1.00 bits per heavy atom. The van der Waals surface area contributed by atoms with E-state index in [1.165, 1.54) is 52.8 Å². The van der Waals surface area contributed by atoms with E-state index in [4.69, 9.17) is 9.97 Å². The molecule has 0 spiro atoms. The summed E-state index contributed by atoms with van der Waals surface area (Å²) in [7, 11) is 0. The van der Waals surface area contributed by atoms with Crippen LogP contribution >= 0.6 is 11.3 Å². The van der Waals surface area contributed by atoms with Crippen molar-refractivity contribution in [1.29, 1.82) is 0 Å². The van der Waals surface area contributed by atoms with Gasteiger partial charge in [-0.15, -0.1) is 11.3 Å². The summed E-state index contributed by atoms with van der Waals surface area (Å²) in [6, 6.07) is 60.7. The Morgan fingerprint density at radius 3 is 1.84 bits per heavy atom. The van der Waals surface area contributed by atoms with Gasteiger partial charge in [-0.25, -0.2) is 9.97 Å². The number of thiophene rings is 1. The molecule has 0 N–H and O–H groups in total. The molecule has 0 amide bonds. The average Bonchev–Trinajstić information content (AvgIpc) is 3.58. The predicted octanol–water partition coefficient (Wildman–Crippen LogP) is 13.0. The highest BCUT2D eigenvalue weighted by Gasteiger charge is 2.19. The van der Waals surface area contributed by atoms with Gasteiger partial charge in [0.05, 0.1) is 11.2 Å². The quantitative estimate of drug-likeness (QED) is 0.191. The molecule has 0 aliphatic heterocycles. The number of hydrogen-bond acceptors (Lipinski definition) is 3. The Labute approximate surface area is 287 Å². The standard InChI is InChI=1S/C46H28N2S/c1-2-10-29(11-3-1)30-20-22-31(23-21-30)34-15-8-16-35(28-34)46-47-43(38-19-9-14-32-12-4-6-17-36(32)38)40-26-27-41-42(44(40)48-46)39-25-24-33-13-5-7-18-37(33)45(39)49-41/h1-28H. The molecule has 8 aromatic carbocycles. The summed E-state index contributed by atoms with van der Waals surface area (Å²) in [5.74, 6) is 0.728. The van der Waals surface area contributed by atoms with Crippen LogP contribution in [0.2, 0.25) is 0 Å². The second kappa shape index (κ2) is 11.2. The number of hydrogen-bond donors (Lipinski definition) is 0. The third-order valence-electron chi connectivity index (χ3n) is 9.68. The lowest BCUT2D eigenvalue weighted by Crippen LogP contribution is -1.96. The molecule has 10 rings (SSSR count). The Kier molecular flexibility index (Phi) is 6.39. The van der Waals surface area contributed by atoms with E-state index >= 15 is 0 Å². The summed E-state index contributed by atoms with van der Waals surface area (Å²) in [6.45, 7) is 0. The molecule has 2 nitrogen and oxygen atoms in total. The molecule has 0 aliphatic rings.